The fourth-order valence-corrected chi connectivity index (χ4v) is 4.32. The lowest BCUT2D eigenvalue weighted by Gasteiger charge is -2.46. The monoisotopic (exact) mass is 360 g/mol. The van der Waals surface area contributed by atoms with Gasteiger partial charge < -0.3 is 20.1 Å². The minimum absolute atomic E-state index is 0.0708. The number of aliphatic hydroxyl groups excluding tert-OH is 1. The van der Waals surface area contributed by atoms with Crippen LogP contribution in [0, 0.1) is 5.92 Å². The average Bonchev–Trinajstić information content (AvgIpc) is 2.58. The molecule has 0 saturated heterocycles. The molecule has 0 spiro atoms. The van der Waals surface area contributed by atoms with Crippen LogP contribution in [0.25, 0.3) is 0 Å². The molecule has 0 bridgehead atoms. The van der Waals surface area contributed by atoms with Crippen LogP contribution in [0.5, 0.6) is 11.5 Å². The molecule has 2 aliphatic rings. The quantitative estimate of drug-likeness (QED) is 0.729. The van der Waals surface area contributed by atoms with Crippen molar-refractivity contribution in [2.75, 3.05) is 0 Å². The van der Waals surface area contributed by atoms with Crippen molar-refractivity contribution in [3.05, 3.63) is 34.9 Å². The number of carbonyl (C=O) groups is 1. The van der Waals surface area contributed by atoms with E-state index in [4.69, 9.17) is 4.74 Å². The molecule has 3 N–H and O–H groups in total. The average molecular weight is 360 g/mol. The number of unbranched alkanes of at least 4 members (excludes halogenated alkanes) is 1. The Kier molecular flexibility index (Phi) is 5.02. The van der Waals surface area contributed by atoms with Crippen LogP contribution in [0.3, 0.4) is 0 Å². The van der Waals surface area contributed by atoms with Crippen molar-refractivity contribution in [2.24, 2.45) is 5.92 Å². The first kappa shape index (κ1) is 18.8. The molecule has 1 aliphatic carbocycles. The molecule has 3 rings (SSSR count). The molecule has 0 fully saturated rings. The number of phenols is 1. The first-order valence-corrected chi connectivity index (χ1v) is 9.42. The molecule has 1 aliphatic heterocycles. The molecule has 1 unspecified atom stereocenters. The lowest BCUT2D eigenvalue weighted by molar-refractivity contribution is -0.133. The number of hydrogen-bond acceptors (Lipinski definition) is 4. The molecule has 3 atom stereocenters. The maximum atomic E-state index is 11.4. The van der Waals surface area contributed by atoms with Gasteiger partial charge in [-0.2, -0.15) is 0 Å². The largest absolute Gasteiger partial charge is 0.507 e. The van der Waals surface area contributed by atoms with Crippen LogP contribution in [-0.2, 0) is 4.79 Å². The summed E-state index contributed by atoms with van der Waals surface area (Å²) in [4.78, 5) is 11.4. The van der Waals surface area contributed by atoms with Crippen LogP contribution in [0.1, 0.15) is 76.0 Å². The first-order valence-electron chi connectivity index (χ1n) is 9.42. The molecule has 1 aromatic carbocycles. The number of aliphatic carboxylic acids is 1. The summed E-state index contributed by atoms with van der Waals surface area (Å²) in [7, 11) is 0. The minimum atomic E-state index is -0.902. The molecule has 26 heavy (non-hydrogen) atoms. The highest BCUT2D eigenvalue weighted by Gasteiger charge is 2.46. The Bertz CT molecular complexity index is 734. The molecule has 142 valence electrons. The maximum Gasteiger partial charge on any atom is 0.331 e. The third kappa shape index (κ3) is 3.32. The van der Waals surface area contributed by atoms with Gasteiger partial charge in [0.15, 0.2) is 0 Å². The van der Waals surface area contributed by atoms with Crippen LogP contribution < -0.4 is 4.74 Å². The fourth-order valence-electron chi connectivity index (χ4n) is 4.32. The number of ether oxygens (including phenoxy) is 1. The summed E-state index contributed by atoms with van der Waals surface area (Å²) in [5.74, 6) is -0.387. The van der Waals surface area contributed by atoms with E-state index in [1.807, 2.05) is 13.8 Å². The molecule has 1 heterocycles. The third-order valence-corrected chi connectivity index (χ3v) is 5.77. The second-order valence-electron chi connectivity index (χ2n) is 7.98. The lowest BCUT2D eigenvalue weighted by Crippen LogP contribution is -2.45. The van der Waals surface area contributed by atoms with Crippen molar-refractivity contribution < 1.29 is 24.9 Å². The van der Waals surface area contributed by atoms with Gasteiger partial charge in [-0.25, -0.2) is 4.79 Å². The van der Waals surface area contributed by atoms with Crippen LogP contribution in [-0.4, -0.2) is 26.9 Å². The second kappa shape index (κ2) is 6.95. The predicted molar refractivity (Wildman–Crippen MR) is 98.5 cm³/mol. The highest BCUT2D eigenvalue weighted by Crippen LogP contribution is 2.53. The topological polar surface area (TPSA) is 87.0 Å². The normalized spacial score (nSPS) is 24.7. The van der Waals surface area contributed by atoms with Crippen molar-refractivity contribution in [3.63, 3.8) is 0 Å². The highest BCUT2D eigenvalue weighted by molar-refractivity contribution is 5.87. The number of allylic oxidation sites excluding steroid dienone is 1. The van der Waals surface area contributed by atoms with Crippen LogP contribution in [0.2, 0.25) is 0 Å². The maximum absolute atomic E-state index is 11.4. The molecular formula is C21H28O5. The number of carboxylic acids is 1. The van der Waals surface area contributed by atoms with Gasteiger partial charge in [-0.05, 0) is 50.8 Å². The second-order valence-corrected chi connectivity index (χ2v) is 7.98. The predicted octanol–water partition coefficient (Wildman–Crippen LogP) is 4.29. The molecule has 0 amide bonds. The standard InChI is InChI=1S/C21H28O5/c1-4-5-6-16(22)13-10-17(23)19-14-9-12(20(24)25)7-8-15(14)21(2,3)26-18(19)11-13/h9-11,14-16,22-23H,4-8H2,1-3H3,(H,24,25)/t14-,15-,16?/m1/s1. The van der Waals surface area contributed by atoms with E-state index in [0.29, 0.717) is 41.7 Å². The summed E-state index contributed by atoms with van der Waals surface area (Å²) in [6.45, 7) is 6.08. The smallest absolute Gasteiger partial charge is 0.331 e. The Morgan fingerprint density at radius 2 is 2.12 bits per heavy atom. The molecular weight excluding hydrogens is 332 g/mol. The Morgan fingerprint density at radius 3 is 2.77 bits per heavy atom. The van der Waals surface area contributed by atoms with Crippen LogP contribution in [0.15, 0.2) is 23.8 Å². The van der Waals surface area contributed by atoms with E-state index in [2.05, 4.69) is 6.92 Å². The van der Waals surface area contributed by atoms with E-state index in [-0.39, 0.29) is 17.6 Å². The number of rotatable bonds is 5. The summed E-state index contributed by atoms with van der Waals surface area (Å²) in [5, 5.41) is 30.5. The van der Waals surface area contributed by atoms with Crippen molar-refractivity contribution in [1.29, 1.82) is 0 Å². The van der Waals surface area contributed by atoms with E-state index >= 15 is 0 Å². The Balaban J connectivity index is 2.05. The summed E-state index contributed by atoms with van der Waals surface area (Å²) < 4.78 is 6.21. The highest BCUT2D eigenvalue weighted by atomic mass is 16.5. The number of aliphatic hydroxyl groups is 1. The van der Waals surface area contributed by atoms with Gasteiger partial charge >= 0.3 is 5.97 Å². The summed E-state index contributed by atoms with van der Waals surface area (Å²) in [6, 6.07) is 3.40. The molecule has 5 heteroatoms. The van der Waals surface area contributed by atoms with Gasteiger partial charge in [-0.15, -0.1) is 0 Å². The van der Waals surface area contributed by atoms with Gasteiger partial charge in [0.2, 0.25) is 0 Å². The number of aromatic hydroxyl groups is 1. The summed E-state index contributed by atoms with van der Waals surface area (Å²) in [5.41, 5.74) is 1.19. The first-order chi connectivity index (χ1) is 12.2. The van der Waals surface area contributed by atoms with Crippen LogP contribution >= 0.6 is 0 Å². The van der Waals surface area contributed by atoms with Gasteiger partial charge in [-0.3, -0.25) is 0 Å². The number of phenolic OH excluding ortho intramolecular Hbond substituents is 1. The van der Waals surface area contributed by atoms with Gasteiger partial charge in [0.25, 0.3) is 0 Å². The van der Waals surface area contributed by atoms with Crippen LogP contribution in [0.4, 0.5) is 0 Å². The van der Waals surface area contributed by atoms with Gasteiger partial charge in [-0.1, -0.05) is 25.8 Å². The molecule has 1 aromatic rings. The van der Waals surface area contributed by atoms with Gasteiger partial charge in [0.1, 0.15) is 17.1 Å². The Hall–Kier alpha value is -2.01. The third-order valence-electron chi connectivity index (χ3n) is 5.77. The molecule has 0 aromatic heterocycles. The minimum Gasteiger partial charge on any atom is -0.507 e. The Morgan fingerprint density at radius 1 is 1.38 bits per heavy atom. The zero-order valence-electron chi connectivity index (χ0n) is 15.7. The number of benzene rings is 1. The van der Waals surface area contributed by atoms with Crippen molar-refractivity contribution >= 4 is 5.97 Å². The summed E-state index contributed by atoms with van der Waals surface area (Å²) in [6.07, 6.45) is 4.86. The number of fused-ring (bicyclic) bond motifs is 3. The molecule has 0 radical (unpaired) electrons. The Labute approximate surface area is 154 Å². The number of hydrogen-bond donors (Lipinski definition) is 3. The van der Waals surface area contributed by atoms with E-state index in [9.17, 15) is 20.1 Å². The van der Waals surface area contributed by atoms with Gasteiger partial charge in [0, 0.05) is 23.0 Å². The zero-order valence-corrected chi connectivity index (χ0v) is 15.7. The van der Waals surface area contributed by atoms with E-state index < -0.39 is 17.7 Å². The molecule has 0 saturated carbocycles. The van der Waals surface area contributed by atoms with E-state index in [0.717, 1.165) is 12.8 Å². The van der Waals surface area contributed by atoms with Crippen molar-refractivity contribution in [2.45, 2.75) is 70.5 Å². The SMILES string of the molecule is CCCCC(O)c1cc(O)c2c(c1)OC(C)(C)[C@@H]1CCC(C(=O)O)=C[C@@H]21. The number of carboxylic acid groups (broad SMARTS) is 1. The lowest BCUT2D eigenvalue weighted by atomic mass is 9.67. The molecule has 5 nitrogen and oxygen atoms in total. The van der Waals surface area contributed by atoms with Crippen molar-refractivity contribution in [1.82, 2.24) is 0 Å². The van der Waals surface area contributed by atoms with Gasteiger partial charge in [0.05, 0.1) is 6.10 Å². The fraction of sp³-hybridized carbons (Fsp3) is 0.571. The summed E-state index contributed by atoms with van der Waals surface area (Å²) >= 11 is 0. The zero-order chi connectivity index (χ0) is 19.1. The van der Waals surface area contributed by atoms with Crippen molar-refractivity contribution in [3.8, 4) is 11.5 Å². The van der Waals surface area contributed by atoms with E-state index in [1.165, 1.54) is 0 Å². The van der Waals surface area contributed by atoms with E-state index in [1.54, 1.807) is 18.2 Å².